The van der Waals surface area contributed by atoms with E-state index in [1.54, 1.807) is 54.5 Å². The Morgan fingerprint density at radius 1 is 1.17 bits per heavy atom. The Hall–Kier alpha value is -3.75. The Morgan fingerprint density at radius 2 is 1.97 bits per heavy atom. The van der Waals surface area contributed by atoms with E-state index in [1.807, 2.05) is 6.07 Å². The molecule has 2 aromatic heterocycles. The lowest BCUT2D eigenvalue weighted by atomic mass is 10.2. The number of nitrogens with zero attached hydrogens (tertiary/aromatic N) is 4. The fourth-order valence-electron chi connectivity index (χ4n) is 2.56. The van der Waals surface area contributed by atoms with Crippen molar-refractivity contribution in [3.05, 3.63) is 60.1 Å². The quantitative estimate of drug-likeness (QED) is 0.585. The molecule has 3 aromatic rings. The first kappa shape index (κ1) is 20.0. The normalized spacial score (nSPS) is 10.5. The zero-order valence-corrected chi connectivity index (χ0v) is 15.8. The van der Waals surface area contributed by atoms with Gasteiger partial charge in [-0.25, -0.2) is 4.79 Å². The number of hydrogen-bond acceptors (Lipinski definition) is 7. The first-order valence-corrected chi connectivity index (χ1v) is 8.93. The molecule has 0 spiro atoms. The zero-order valence-electron chi connectivity index (χ0n) is 15.8. The lowest BCUT2D eigenvalue weighted by Crippen LogP contribution is -2.26. The molecule has 2 heterocycles. The number of hydrogen-bond donors (Lipinski definition) is 1. The van der Waals surface area contributed by atoms with Crippen molar-refractivity contribution in [1.82, 2.24) is 20.0 Å². The van der Waals surface area contributed by atoms with Gasteiger partial charge in [-0.1, -0.05) is 23.4 Å². The lowest BCUT2D eigenvalue weighted by Gasteiger charge is -2.17. The molecule has 3 rings (SSSR count). The largest absolute Gasteiger partial charge is 0.482 e. The van der Waals surface area contributed by atoms with Crippen molar-refractivity contribution >= 4 is 11.9 Å². The van der Waals surface area contributed by atoms with E-state index >= 15 is 0 Å². The summed E-state index contributed by atoms with van der Waals surface area (Å²) in [5, 5.41) is 12.5. The minimum atomic E-state index is -1.03. The van der Waals surface area contributed by atoms with Gasteiger partial charge in [-0.05, 0) is 29.8 Å². The van der Waals surface area contributed by atoms with Crippen LogP contribution in [0.25, 0.3) is 11.5 Å². The summed E-state index contributed by atoms with van der Waals surface area (Å²) in [6.07, 6.45) is 2.22. The molecule has 1 aromatic carbocycles. The highest BCUT2D eigenvalue weighted by Crippen LogP contribution is 2.15. The number of carbonyl (C=O) groups is 2. The monoisotopic (exact) mass is 396 g/mol. The number of carbonyl (C=O) groups excluding carboxylic acids is 1. The number of aliphatic carboxylic acids is 1. The number of carboxylic acid groups (broad SMARTS) is 1. The lowest BCUT2D eigenvalue weighted by molar-refractivity contribution is -0.139. The van der Waals surface area contributed by atoms with Gasteiger partial charge in [0.1, 0.15) is 11.4 Å². The summed E-state index contributed by atoms with van der Waals surface area (Å²) in [6, 6.07) is 12.3. The van der Waals surface area contributed by atoms with Gasteiger partial charge in [0.2, 0.25) is 17.6 Å². The van der Waals surface area contributed by atoms with Crippen molar-refractivity contribution in [2.45, 2.75) is 19.4 Å². The van der Waals surface area contributed by atoms with Gasteiger partial charge in [-0.15, -0.1) is 0 Å². The number of rotatable bonds is 9. The molecule has 0 saturated carbocycles. The van der Waals surface area contributed by atoms with E-state index in [1.165, 1.54) is 0 Å². The van der Waals surface area contributed by atoms with Gasteiger partial charge < -0.3 is 19.3 Å². The summed E-state index contributed by atoms with van der Waals surface area (Å²) in [6.45, 7) is 0.0243. The van der Waals surface area contributed by atoms with Gasteiger partial charge in [0, 0.05) is 32.6 Å². The highest BCUT2D eigenvalue weighted by atomic mass is 16.5. The minimum Gasteiger partial charge on any atom is -0.482 e. The highest BCUT2D eigenvalue weighted by molar-refractivity contribution is 5.76. The Labute approximate surface area is 166 Å². The van der Waals surface area contributed by atoms with Gasteiger partial charge in [-0.3, -0.25) is 9.78 Å². The van der Waals surface area contributed by atoms with Crippen molar-refractivity contribution in [3.63, 3.8) is 0 Å². The molecular formula is C20H20N4O5. The molecule has 9 heteroatoms. The molecule has 0 aliphatic heterocycles. The Morgan fingerprint density at radius 3 is 2.66 bits per heavy atom. The van der Waals surface area contributed by atoms with Crippen molar-refractivity contribution in [2.24, 2.45) is 0 Å². The van der Waals surface area contributed by atoms with Crippen LogP contribution in [0.15, 0.2) is 53.2 Å². The SMILES string of the molecule is CN(Cc1ccc(OCC(=O)O)cc1)C(=O)CCc1nc(-c2ccccn2)no1. The van der Waals surface area contributed by atoms with Gasteiger partial charge in [0.05, 0.1) is 0 Å². The molecule has 0 unspecified atom stereocenters. The van der Waals surface area contributed by atoms with Gasteiger partial charge in [0.25, 0.3) is 0 Å². The Balaban J connectivity index is 1.48. The van der Waals surface area contributed by atoms with Crippen molar-refractivity contribution < 1.29 is 24.0 Å². The van der Waals surface area contributed by atoms with E-state index in [2.05, 4.69) is 15.1 Å². The fourth-order valence-corrected chi connectivity index (χ4v) is 2.56. The van der Waals surface area contributed by atoms with Crippen LogP contribution in [-0.2, 0) is 22.6 Å². The molecule has 0 fully saturated rings. The molecule has 1 N–H and O–H groups in total. The fraction of sp³-hybridized carbons (Fsp3) is 0.250. The standard InChI is InChI=1S/C20H20N4O5/c1-24(12-14-5-7-15(8-6-14)28-13-19(26)27)18(25)10-9-17-22-20(23-29-17)16-4-2-3-11-21-16/h2-8,11H,9-10,12-13H2,1H3,(H,26,27). The van der Waals surface area contributed by atoms with Crippen LogP contribution in [0.2, 0.25) is 0 Å². The maximum Gasteiger partial charge on any atom is 0.341 e. The summed E-state index contributed by atoms with van der Waals surface area (Å²) in [5.74, 6) is 0.144. The van der Waals surface area contributed by atoms with E-state index in [0.29, 0.717) is 36.1 Å². The molecule has 9 nitrogen and oxygen atoms in total. The van der Waals surface area contributed by atoms with Crippen molar-refractivity contribution in [3.8, 4) is 17.3 Å². The number of carboxylic acids is 1. The van der Waals surface area contributed by atoms with E-state index in [0.717, 1.165) is 5.56 Å². The van der Waals surface area contributed by atoms with Crippen LogP contribution < -0.4 is 4.74 Å². The van der Waals surface area contributed by atoms with Crippen molar-refractivity contribution in [1.29, 1.82) is 0 Å². The van der Waals surface area contributed by atoms with Gasteiger partial charge in [-0.2, -0.15) is 4.98 Å². The van der Waals surface area contributed by atoms with E-state index in [9.17, 15) is 9.59 Å². The average Bonchev–Trinajstić information content (AvgIpc) is 3.21. The molecule has 0 saturated heterocycles. The molecule has 150 valence electrons. The highest BCUT2D eigenvalue weighted by Gasteiger charge is 2.14. The third kappa shape index (κ3) is 5.86. The molecule has 1 amide bonds. The summed E-state index contributed by atoms with van der Waals surface area (Å²) in [5.41, 5.74) is 1.51. The molecular weight excluding hydrogens is 376 g/mol. The second-order valence-corrected chi connectivity index (χ2v) is 6.30. The maximum absolute atomic E-state index is 12.4. The number of amides is 1. The molecule has 29 heavy (non-hydrogen) atoms. The summed E-state index contributed by atoms with van der Waals surface area (Å²) >= 11 is 0. The first-order valence-electron chi connectivity index (χ1n) is 8.93. The minimum absolute atomic E-state index is 0.0613. The predicted octanol–water partition coefficient (Wildman–Crippen LogP) is 2.19. The Bertz CT molecular complexity index is 957. The van der Waals surface area contributed by atoms with Crippen molar-refractivity contribution in [2.75, 3.05) is 13.7 Å². The smallest absolute Gasteiger partial charge is 0.341 e. The Kier molecular flexibility index (Phi) is 6.51. The molecule has 0 aliphatic rings. The van der Waals surface area contributed by atoms with E-state index in [4.69, 9.17) is 14.4 Å². The van der Waals surface area contributed by atoms with Crippen LogP contribution in [0.5, 0.6) is 5.75 Å². The number of aryl methyl sites for hydroxylation is 1. The number of pyridine rings is 1. The second-order valence-electron chi connectivity index (χ2n) is 6.30. The summed E-state index contributed by atoms with van der Waals surface area (Å²) in [7, 11) is 1.71. The van der Waals surface area contributed by atoms with Crippen LogP contribution in [-0.4, -0.2) is 50.7 Å². The third-order valence-electron chi connectivity index (χ3n) is 4.05. The maximum atomic E-state index is 12.4. The first-order chi connectivity index (χ1) is 14.0. The van der Waals surface area contributed by atoms with E-state index in [-0.39, 0.29) is 12.3 Å². The number of ether oxygens (including phenoxy) is 1. The average molecular weight is 396 g/mol. The molecule has 0 atom stereocenters. The third-order valence-corrected chi connectivity index (χ3v) is 4.05. The van der Waals surface area contributed by atoms with Crippen LogP contribution >= 0.6 is 0 Å². The molecule has 0 bridgehead atoms. The molecule has 0 aliphatic carbocycles. The van der Waals surface area contributed by atoms with Crippen LogP contribution in [0.3, 0.4) is 0 Å². The molecule has 0 radical (unpaired) electrons. The predicted molar refractivity (Wildman–Crippen MR) is 102 cm³/mol. The van der Waals surface area contributed by atoms with Crippen LogP contribution in [0, 0.1) is 0 Å². The topological polar surface area (TPSA) is 119 Å². The number of benzene rings is 1. The number of aromatic nitrogens is 3. The zero-order chi connectivity index (χ0) is 20.6. The van der Waals surface area contributed by atoms with Gasteiger partial charge >= 0.3 is 5.97 Å². The summed E-state index contributed by atoms with van der Waals surface area (Å²) in [4.78, 5) is 32.9. The van der Waals surface area contributed by atoms with Gasteiger partial charge in [0.15, 0.2) is 6.61 Å². The second kappa shape index (κ2) is 9.45. The van der Waals surface area contributed by atoms with Crippen LogP contribution in [0.1, 0.15) is 17.9 Å². The van der Waals surface area contributed by atoms with E-state index < -0.39 is 12.6 Å². The summed E-state index contributed by atoms with van der Waals surface area (Å²) < 4.78 is 10.3. The van der Waals surface area contributed by atoms with Crippen LogP contribution in [0.4, 0.5) is 0 Å².